The van der Waals surface area contributed by atoms with Gasteiger partial charge < -0.3 is 14.7 Å². The lowest BCUT2D eigenvalue weighted by Crippen LogP contribution is -2.12. The van der Waals surface area contributed by atoms with Crippen LogP contribution in [0, 0.1) is 20.8 Å². The molecule has 0 radical (unpaired) electrons. The maximum atomic E-state index is 11.2. The topological polar surface area (TPSA) is 81.0 Å². The van der Waals surface area contributed by atoms with Gasteiger partial charge in [-0.3, -0.25) is 4.98 Å². The zero-order valence-corrected chi connectivity index (χ0v) is 17.7. The van der Waals surface area contributed by atoms with Gasteiger partial charge in [-0.05, 0) is 67.6 Å². The van der Waals surface area contributed by atoms with Gasteiger partial charge in [0.2, 0.25) is 0 Å². The third-order valence-electron chi connectivity index (χ3n) is 5.62. The number of hydrogen-bond donors (Lipinski definition) is 1. The fourth-order valence-corrected chi connectivity index (χ4v) is 3.45. The zero-order valence-electron chi connectivity index (χ0n) is 17.7. The number of nitrogens with zero attached hydrogens (tertiary/aromatic N) is 2. The first-order valence-corrected chi connectivity index (χ1v) is 9.97. The van der Waals surface area contributed by atoms with Crippen molar-refractivity contribution >= 4 is 11.7 Å². The first kappa shape index (κ1) is 20.8. The molecule has 0 spiro atoms. The third kappa shape index (κ3) is 4.58. The summed E-state index contributed by atoms with van der Waals surface area (Å²) in [5, 5.41) is 13.9. The molecule has 0 bridgehead atoms. The summed E-state index contributed by atoms with van der Waals surface area (Å²) in [6.07, 6.45) is 1.80. The molecule has 1 aliphatic rings. The molecule has 29 heavy (non-hydrogen) atoms. The quantitative estimate of drug-likeness (QED) is 0.697. The van der Waals surface area contributed by atoms with Crippen molar-refractivity contribution in [2.24, 2.45) is 5.16 Å². The lowest BCUT2D eigenvalue weighted by atomic mass is 9.93. The van der Waals surface area contributed by atoms with Crippen LogP contribution in [0.15, 0.2) is 23.4 Å². The van der Waals surface area contributed by atoms with Gasteiger partial charge in [0.15, 0.2) is 0 Å². The molecular formula is C23H28N2O4. The highest BCUT2D eigenvalue weighted by atomic mass is 16.7. The van der Waals surface area contributed by atoms with E-state index in [1.807, 2.05) is 19.1 Å². The number of aromatic nitrogens is 1. The largest absolute Gasteiger partial charge is 0.506 e. The van der Waals surface area contributed by atoms with Crippen LogP contribution in [0.25, 0.3) is 0 Å². The Morgan fingerprint density at radius 2 is 2.00 bits per heavy atom. The van der Waals surface area contributed by atoms with Crippen LogP contribution in [0.3, 0.4) is 0 Å². The molecular weight excluding hydrogens is 368 g/mol. The third-order valence-corrected chi connectivity index (χ3v) is 5.62. The van der Waals surface area contributed by atoms with Crippen LogP contribution in [0.2, 0.25) is 0 Å². The first-order chi connectivity index (χ1) is 13.8. The fourth-order valence-electron chi connectivity index (χ4n) is 3.45. The molecule has 1 atom stereocenters. The zero-order chi connectivity index (χ0) is 21.1. The Morgan fingerprint density at radius 1 is 1.24 bits per heavy atom. The summed E-state index contributed by atoms with van der Waals surface area (Å²) in [6, 6.07) is 5.64. The van der Waals surface area contributed by atoms with Crippen molar-refractivity contribution in [1.29, 1.82) is 0 Å². The minimum Gasteiger partial charge on any atom is -0.506 e. The summed E-state index contributed by atoms with van der Waals surface area (Å²) < 4.78 is 5.91. The van der Waals surface area contributed by atoms with Gasteiger partial charge in [0.1, 0.15) is 23.8 Å². The molecule has 0 saturated heterocycles. The Kier molecular flexibility index (Phi) is 6.20. The van der Waals surface area contributed by atoms with Crippen LogP contribution >= 0.6 is 0 Å². The van der Waals surface area contributed by atoms with Gasteiger partial charge in [-0.1, -0.05) is 19.0 Å². The van der Waals surface area contributed by atoms with Crippen LogP contribution in [0.5, 0.6) is 11.5 Å². The van der Waals surface area contributed by atoms with Gasteiger partial charge in [-0.15, -0.1) is 0 Å². The fraction of sp³-hybridized carbons (Fsp3) is 0.435. The normalized spacial score (nSPS) is 14.5. The second-order valence-electron chi connectivity index (χ2n) is 7.70. The molecule has 154 valence electrons. The molecule has 6 nitrogen and oxygen atoms in total. The number of ether oxygens (including phenoxy) is 1. The highest BCUT2D eigenvalue weighted by Gasteiger charge is 2.19. The molecule has 0 aliphatic carbocycles. The second-order valence-corrected chi connectivity index (χ2v) is 7.70. The second kappa shape index (κ2) is 8.64. The van der Waals surface area contributed by atoms with Gasteiger partial charge in [0.25, 0.3) is 0 Å². The van der Waals surface area contributed by atoms with Crippen LogP contribution in [0.1, 0.15) is 66.2 Å². The number of aromatic hydroxyl groups is 1. The Balaban J connectivity index is 1.82. The Morgan fingerprint density at radius 3 is 2.66 bits per heavy atom. The number of aryl methyl sites for hydroxylation is 1. The van der Waals surface area contributed by atoms with Gasteiger partial charge in [0.05, 0.1) is 12.1 Å². The smallest absolute Gasteiger partial charge is 0.340 e. The molecule has 1 unspecified atom stereocenters. The van der Waals surface area contributed by atoms with Gasteiger partial charge in [0, 0.05) is 18.0 Å². The summed E-state index contributed by atoms with van der Waals surface area (Å²) in [4.78, 5) is 20.5. The van der Waals surface area contributed by atoms with Gasteiger partial charge >= 0.3 is 5.97 Å². The summed E-state index contributed by atoms with van der Waals surface area (Å²) in [7, 11) is 0. The maximum absolute atomic E-state index is 11.2. The van der Waals surface area contributed by atoms with E-state index >= 15 is 0 Å². The molecule has 6 heteroatoms. The molecule has 1 aromatic heterocycles. The molecule has 0 fully saturated rings. The van der Waals surface area contributed by atoms with Gasteiger partial charge in [-0.25, -0.2) is 4.79 Å². The number of rotatable bonds is 7. The van der Waals surface area contributed by atoms with E-state index < -0.39 is 0 Å². The Hall–Kier alpha value is -2.89. The van der Waals surface area contributed by atoms with Crippen LogP contribution in [0.4, 0.5) is 0 Å². The number of hydrogen-bond acceptors (Lipinski definition) is 6. The van der Waals surface area contributed by atoms with Crippen LogP contribution < -0.4 is 4.74 Å². The molecule has 1 aliphatic heterocycles. The molecule has 0 amide bonds. The van der Waals surface area contributed by atoms with E-state index in [2.05, 4.69) is 37.7 Å². The maximum Gasteiger partial charge on any atom is 0.340 e. The summed E-state index contributed by atoms with van der Waals surface area (Å²) >= 11 is 0. The lowest BCUT2D eigenvalue weighted by molar-refractivity contribution is -0.140. The molecule has 3 rings (SSSR count). The van der Waals surface area contributed by atoms with Crippen molar-refractivity contribution in [3.05, 3.63) is 51.8 Å². The minimum atomic E-state index is -0.346. The van der Waals surface area contributed by atoms with E-state index in [-0.39, 0.29) is 30.7 Å². The van der Waals surface area contributed by atoms with Crippen LogP contribution in [-0.4, -0.2) is 28.4 Å². The van der Waals surface area contributed by atoms with Gasteiger partial charge in [-0.2, -0.15) is 0 Å². The Labute approximate surface area is 171 Å². The number of carbonyl (C=O) groups excluding carboxylic acids is 1. The van der Waals surface area contributed by atoms with Crippen molar-refractivity contribution in [3.63, 3.8) is 0 Å². The lowest BCUT2D eigenvalue weighted by Gasteiger charge is -2.18. The van der Waals surface area contributed by atoms with Crippen molar-refractivity contribution in [3.8, 4) is 11.5 Å². The van der Waals surface area contributed by atoms with Crippen molar-refractivity contribution in [2.75, 3.05) is 6.61 Å². The van der Waals surface area contributed by atoms with Crippen molar-refractivity contribution in [2.45, 2.75) is 59.8 Å². The minimum absolute atomic E-state index is 0.181. The summed E-state index contributed by atoms with van der Waals surface area (Å²) in [5.41, 5.74) is 6.82. The molecule has 1 N–H and O–H groups in total. The number of oxime groups is 1. The molecule has 1 aromatic carbocycles. The highest BCUT2D eigenvalue weighted by molar-refractivity contribution is 6.02. The van der Waals surface area contributed by atoms with Crippen molar-refractivity contribution in [1.82, 2.24) is 4.98 Å². The predicted octanol–water partition coefficient (Wildman–Crippen LogP) is 4.50. The first-order valence-electron chi connectivity index (χ1n) is 9.97. The molecule has 0 saturated carbocycles. The summed E-state index contributed by atoms with van der Waals surface area (Å²) in [6.45, 7) is 10.6. The number of benzene rings is 1. The SMILES string of the molecule is CCC(C)c1nc(Cc2c(C)cc(OCC3=NOC(=O)C3)c(C)c2C)ccc1O. The van der Waals surface area contributed by atoms with E-state index in [9.17, 15) is 9.90 Å². The molecule has 2 heterocycles. The van der Waals surface area contributed by atoms with E-state index in [4.69, 9.17) is 9.72 Å². The van der Waals surface area contributed by atoms with E-state index in [1.165, 1.54) is 5.56 Å². The highest BCUT2D eigenvalue weighted by Crippen LogP contribution is 2.31. The average Bonchev–Trinajstić information content (AvgIpc) is 3.12. The molecule has 2 aromatic rings. The average molecular weight is 396 g/mol. The monoisotopic (exact) mass is 396 g/mol. The van der Waals surface area contributed by atoms with E-state index in [1.54, 1.807) is 6.07 Å². The summed E-state index contributed by atoms with van der Waals surface area (Å²) in [5.74, 6) is 0.906. The van der Waals surface area contributed by atoms with Crippen molar-refractivity contribution < 1.29 is 19.5 Å². The number of carbonyl (C=O) groups is 1. The van der Waals surface area contributed by atoms with E-state index in [0.717, 1.165) is 40.2 Å². The standard InChI is InChI=1S/C23H28N2O4/c1-6-13(2)23-20(26)8-7-17(24-23)10-19-14(3)9-21(16(5)15(19)4)28-12-18-11-22(27)29-25-18/h7-9,13,26H,6,10-12H2,1-5H3. The predicted molar refractivity (Wildman–Crippen MR) is 112 cm³/mol. The number of pyridine rings is 1. The van der Waals surface area contributed by atoms with Crippen LogP contribution in [-0.2, 0) is 16.1 Å². The van der Waals surface area contributed by atoms with E-state index in [0.29, 0.717) is 12.1 Å². The Bertz CT molecular complexity index is 966.